The normalized spacial score (nSPS) is 26.0. The molecule has 3 fully saturated rings. The molecule has 1 atom stereocenters. The van der Waals surface area contributed by atoms with Gasteiger partial charge in [0.1, 0.15) is 0 Å². The molecule has 0 bridgehead atoms. The second-order valence-corrected chi connectivity index (χ2v) is 8.65. The smallest absolute Gasteiger partial charge is 0.318 e. The number of carbonyl (C=O) groups is 1. The molecule has 3 aliphatic rings. The molecule has 27 heavy (non-hydrogen) atoms. The number of nitrogens with zero attached hydrogens (tertiary/aromatic N) is 3. The van der Waals surface area contributed by atoms with E-state index in [1.54, 1.807) is 0 Å². The zero-order valence-corrected chi connectivity index (χ0v) is 16.7. The highest BCUT2D eigenvalue weighted by Gasteiger charge is 2.46. The van der Waals surface area contributed by atoms with Gasteiger partial charge in [-0.05, 0) is 51.1 Å². The second-order valence-electron chi connectivity index (χ2n) is 8.65. The van der Waals surface area contributed by atoms with Crippen LogP contribution >= 0.6 is 0 Å². The van der Waals surface area contributed by atoms with Crippen molar-refractivity contribution in [1.29, 1.82) is 0 Å². The maximum absolute atomic E-state index is 13.1. The average Bonchev–Trinajstić information content (AvgIpc) is 3.49. The van der Waals surface area contributed by atoms with Gasteiger partial charge in [0.25, 0.3) is 0 Å². The number of benzene rings is 1. The van der Waals surface area contributed by atoms with Crippen LogP contribution in [0.2, 0.25) is 0 Å². The molecule has 0 unspecified atom stereocenters. The van der Waals surface area contributed by atoms with Crippen molar-refractivity contribution < 1.29 is 4.79 Å². The molecule has 0 radical (unpaired) electrons. The van der Waals surface area contributed by atoms with Gasteiger partial charge in [-0.25, -0.2) is 4.79 Å². The van der Waals surface area contributed by atoms with E-state index in [4.69, 9.17) is 0 Å². The van der Waals surface area contributed by atoms with Gasteiger partial charge in [-0.3, -0.25) is 0 Å². The van der Waals surface area contributed by atoms with Gasteiger partial charge in [-0.15, -0.1) is 0 Å². The van der Waals surface area contributed by atoms with E-state index in [0.29, 0.717) is 6.04 Å². The van der Waals surface area contributed by atoms with Gasteiger partial charge in [-0.2, -0.15) is 0 Å². The molecule has 148 valence electrons. The maximum Gasteiger partial charge on any atom is 0.318 e. The van der Waals surface area contributed by atoms with Crippen LogP contribution in [0.3, 0.4) is 0 Å². The van der Waals surface area contributed by atoms with E-state index in [9.17, 15) is 4.79 Å². The van der Waals surface area contributed by atoms with Crippen LogP contribution in [0.4, 0.5) is 4.79 Å². The Hall–Kier alpha value is -1.59. The number of hydrogen-bond donors (Lipinski definition) is 1. The molecule has 5 heteroatoms. The summed E-state index contributed by atoms with van der Waals surface area (Å²) < 4.78 is 0. The topological polar surface area (TPSA) is 38.8 Å². The first-order valence-electron chi connectivity index (χ1n) is 10.7. The molecule has 4 rings (SSSR count). The van der Waals surface area contributed by atoms with Crippen LogP contribution in [0, 0.1) is 0 Å². The fraction of sp³-hybridized carbons (Fsp3) is 0.682. The third-order valence-corrected chi connectivity index (χ3v) is 6.69. The summed E-state index contributed by atoms with van der Waals surface area (Å²) in [5.74, 6) is 0. The molecule has 1 aliphatic carbocycles. The minimum absolute atomic E-state index is 0.113. The monoisotopic (exact) mass is 370 g/mol. The summed E-state index contributed by atoms with van der Waals surface area (Å²) in [5.41, 5.74) is 1.14. The number of urea groups is 1. The third kappa shape index (κ3) is 4.46. The van der Waals surface area contributed by atoms with Crippen LogP contribution in [0.5, 0.6) is 0 Å². The third-order valence-electron chi connectivity index (χ3n) is 6.69. The summed E-state index contributed by atoms with van der Waals surface area (Å²) in [5, 5.41) is 3.39. The minimum atomic E-state index is -0.113. The summed E-state index contributed by atoms with van der Waals surface area (Å²) >= 11 is 0. The van der Waals surface area contributed by atoms with E-state index in [-0.39, 0.29) is 11.6 Å². The van der Waals surface area contributed by atoms with Crippen molar-refractivity contribution in [2.45, 2.75) is 50.1 Å². The fourth-order valence-corrected chi connectivity index (χ4v) is 4.62. The van der Waals surface area contributed by atoms with Gasteiger partial charge >= 0.3 is 6.03 Å². The molecule has 2 aliphatic heterocycles. The van der Waals surface area contributed by atoms with Crippen LogP contribution in [0.15, 0.2) is 30.3 Å². The molecule has 2 heterocycles. The van der Waals surface area contributed by atoms with Crippen molar-refractivity contribution in [3.8, 4) is 0 Å². The van der Waals surface area contributed by atoms with Crippen LogP contribution in [0.1, 0.15) is 44.1 Å². The van der Waals surface area contributed by atoms with Crippen LogP contribution in [-0.2, 0) is 5.54 Å². The SMILES string of the molecule is CN1CCN(CC[C@H]2CCCCN2C(=O)NC2(c3ccccc3)CC2)CC1. The van der Waals surface area contributed by atoms with Gasteiger partial charge in [0, 0.05) is 45.3 Å². The number of piperazine rings is 1. The van der Waals surface area contributed by atoms with Crippen molar-refractivity contribution in [1.82, 2.24) is 20.0 Å². The molecule has 5 nitrogen and oxygen atoms in total. The fourth-order valence-electron chi connectivity index (χ4n) is 4.62. The Labute approximate surface area is 163 Å². The Morgan fingerprint density at radius 1 is 1.07 bits per heavy atom. The van der Waals surface area contributed by atoms with Crippen molar-refractivity contribution in [2.24, 2.45) is 0 Å². The summed E-state index contributed by atoms with van der Waals surface area (Å²) in [6, 6.07) is 11.0. The second kappa shape index (κ2) is 8.19. The van der Waals surface area contributed by atoms with Crippen molar-refractivity contribution >= 4 is 6.03 Å². The number of nitrogens with one attached hydrogen (secondary N) is 1. The Bertz CT molecular complexity index is 622. The summed E-state index contributed by atoms with van der Waals surface area (Å²) in [7, 11) is 2.20. The zero-order chi connectivity index (χ0) is 18.7. The number of rotatable bonds is 5. The predicted molar refractivity (Wildman–Crippen MR) is 109 cm³/mol. The Balaban J connectivity index is 1.34. The van der Waals surface area contributed by atoms with E-state index in [0.717, 1.165) is 71.4 Å². The highest BCUT2D eigenvalue weighted by atomic mass is 16.2. The van der Waals surface area contributed by atoms with Gasteiger partial charge < -0.3 is 20.0 Å². The van der Waals surface area contributed by atoms with E-state index in [2.05, 4.69) is 51.3 Å². The van der Waals surface area contributed by atoms with Gasteiger partial charge in [-0.1, -0.05) is 30.3 Å². The predicted octanol–water partition coefficient (Wildman–Crippen LogP) is 2.88. The quantitative estimate of drug-likeness (QED) is 0.866. The largest absolute Gasteiger partial charge is 0.328 e. The standard InChI is InChI=1S/C22H34N4O/c1-24-15-17-25(18-16-24)14-10-20-9-5-6-13-26(20)21(27)23-22(11-12-22)19-7-3-2-4-8-19/h2-4,7-8,20H,5-6,9-18H2,1H3,(H,23,27)/t20-/m1/s1. The Morgan fingerprint density at radius 3 is 2.52 bits per heavy atom. The number of amides is 2. The first kappa shape index (κ1) is 18.8. The molecular weight excluding hydrogens is 336 g/mol. The number of carbonyl (C=O) groups excluding carboxylic acids is 1. The zero-order valence-electron chi connectivity index (χ0n) is 16.7. The Morgan fingerprint density at radius 2 is 1.81 bits per heavy atom. The van der Waals surface area contributed by atoms with Crippen LogP contribution < -0.4 is 5.32 Å². The van der Waals surface area contributed by atoms with E-state index >= 15 is 0 Å². The molecule has 1 saturated carbocycles. The number of piperidine rings is 1. The highest BCUT2D eigenvalue weighted by molar-refractivity contribution is 5.76. The molecule has 1 aromatic rings. The molecule has 1 N–H and O–H groups in total. The van der Waals surface area contributed by atoms with Gasteiger partial charge in [0.15, 0.2) is 0 Å². The first-order chi connectivity index (χ1) is 13.2. The molecular formula is C22H34N4O. The summed E-state index contributed by atoms with van der Waals surface area (Å²) in [6.45, 7) is 6.66. The van der Waals surface area contributed by atoms with E-state index < -0.39 is 0 Å². The molecule has 2 saturated heterocycles. The lowest BCUT2D eigenvalue weighted by Crippen LogP contribution is -2.52. The minimum Gasteiger partial charge on any atom is -0.328 e. The average molecular weight is 371 g/mol. The molecule has 0 spiro atoms. The van der Waals surface area contributed by atoms with Crippen molar-refractivity contribution in [3.05, 3.63) is 35.9 Å². The van der Waals surface area contributed by atoms with E-state index in [1.165, 1.54) is 12.0 Å². The lowest BCUT2D eigenvalue weighted by atomic mass is 9.99. The Kier molecular flexibility index (Phi) is 5.69. The number of likely N-dealkylation sites (N-methyl/N-ethyl adjacent to an activating group) is 1. The molecule has 2 amide bonds. The molecule has 0 aromatic heterocycles. The lowest BCUT2D eigenvalue weighted by Gasteiger charge is -2.39. The maximum atomic E-state index is 13.1. The van der Waals surface area contributed by atoms with Crippen molar-refractivity contribution in [3.63, 3.8) is 0 Å². The summed E-state index contributed by atoms with van der Waals surface area (Å²) in [6.07, 6.45) is 6.76. The van der Waals surface area contributed by atoms with Crippen LogP contribution in [0.25, 0.3) is 0 Å². The number of hydrogen-bond acceptors (Lipinski definition) is 3. The van der Waals surface area contributed by atoms with Crippen LogP contribution in [-0.4, -0.2) is 73.1 Å². The number of likely N-dealkylation sites (tertiary alicyclic amines) is 1. The van der Waals surface area contributed by atoms with Gasteiger partial charge in [0.2, 0.25) is 0 Å². The van der Waals surface area contributed by atoms with Crippen molar-refractivity contribution in [2.75, 3.05) is 46.3 Å². The first-order valence-corrected chi connectivity index (χ1v) is 10.7. The lowest BCUT2D eigenvalue weighted by molar-refractivity contribution is 0.115. The summed E-state index contributed by atoms with van der Waals surface area (Å²) in [4.78, 5) is 20.2. The van der Waals surface area contributed by atoms with E-state index in [1.807, 2.05) is 6.07 Å². The van der Waals surface area contributed by atoms with Gasteiger partial charge in [0.05, 0.1) is 5.54 Å². The highest BCUT2D eigenvalue weighted by Crippen LogP contribution is 2.45. The molecule has 1 aromatic carbocycles.